The van der Waals surface area contributed by atoms with Crippen molar-refractivity contribution in [1.82, 2.24) is 19.9 Å². The van der Waals surface area contributed by atoms with Gasteiger partial charge in [0.15, 0.2) is 5.65 Å². The first-order chi connectivity index (χ1) is 8.70. The van der Waals surface area contributed by atoms with E-state index in [1.165, 1.54) is 6.33 Å². The van der Waals surface area contributed by atoms with Crippen molar-refractivity contribution in [2.45, 2.75) is 32.1 Å². The third-order valence-corrected chi connectivity index (χ3v) is 3.73. The van der Waals surface area contributed by atoms with Gasteiger partial charge in [-0.2, -0.15) is 0 Å². The molecule has 1 saturated carbocycles. The van der Waals surface area contributed by atoms with Crippen LogP contribution in [0.1, 0.15) is 31.5 Å². The summed E-state index contributed by atoms with van der Waals surface area (Å²) in [6, 6.07) is 0. The smallest absolute Gasteiger partial charge is 0.310 e. The lowest BCUT2D eigenvalue weighted by molar-refractivity contribution is -0.148. The quantitative estimate of drug-likeness (QED) is 0.857. The largest absolute Gasteiger partial charge is 0.481 e. The molecule has 94 valence electrons. The van der Waals surface area contributed by atoms with Crippen LogP contribution in [0, 0.1) is 5.41 Å². The number of fused-ring (bicyclic) bond motifs is 1. The molecule has 0 spiro atoms. The normalized spacial score (nSPS) is 18.2. The third-order valence-electron chi connectivity index (χ3n) is 3.73. The number of hydrogen-bond acceptors (Lipinski definition) is 4. The Balaban J connectivity index is 1.93. The number of imidazole rings is 1. The van der Waals surface area contributed by atoms with E-state index in [0.29, 0.717) is 17.9 Å². The van der Waals surface area contributed by atoms with Crippen LogP contribution in [0.25, 0.3) is 11.2 Å². The maximum Gasteiger partial charge on any atom is 0.310 e. The zero-order valence-electron chi connectivity index (χ0n) is 9.89. The van der Waals surface area contributed by atoms with Gasteiger partial charge in [-0.05, 0) is 12.8 Å². The van der Waals surface area contributed by atoms with Gasteiger partial charge in [0.1, 0.15) is 17.7 Å². The molecule has 2 aromatic rings. The minimum absolute atomic E-state index is 0.443. The number of carbonyl (C=O) groups is 1. The number of H-pyrrole nitrogens is 1. The molecule has 0 unspecified atom stereocenters. The minimum Gasteiger partial charge on any atom is -0.481 e. The van der Waals surface area contributed by atoms with Crippen LogP contribution in [0.3, 0.4) is 0 Å². The van der Waals surface area contributed by atoms with Gasteiger partial charge in [-0.3, -0.25) is 4.79 Å². The second-order valence-corrected chi connectivity index (χ2v) is 4.91. The molecule has 18 heavy (non-hydrogen) atoms. The van der Waals surface area contributed by atoms with E-state index in [1.807, 2.05) is 0 Å². The Morgan fingerprint density at radius 1 is 1.44 bits per heavy atom. The van der Waals surface area contributed by atoms with Crippen LogP contribution in [0.15, 0.2) is 12.5 Å². The van der Waals surface area contributed by atoms with Gasteiger partial charge in [-0.25, -0.2) is 15.0 Å². The van der Waals surface area contributed by atoms with Gasteiger partial charge in [-0.1, -0.05) is 12.8 Å². The van der Waals surface area contributed by atoms with Crippen LogP contribution >= 0.6 is 0 Å². The van der Waals surface area contributed by atoms with E-state index in [2.05, 4.69) is 19.9 Å². The molecule has 6 nitrogen and oxygen atoms in total. The molecule has 1 aliphatic rings. The highest BCUT2D eigenvalue weighted by molar-refractivity contribution is 5.75. The topological polar surface area (TPSA) is 91.8 Å². The van der Waals surface area contributed by atoms with Crippen molar-refractivity contribution in [2.75, 3.05) is 0 Å². The average molecular weight is 246 g/mol. The summed E-state index contributed by atoms with van der Waals surface area (Å²) in [6.07, 6.45) is 6.95. The Bertz CT molecular complexity index is 554. The maximum absolute atomic E-state index is 11.5. The van der Waals surface area contributed by atoms with Crippen LogP contribution < -0.4 is 0 Å². The predicted octanol–water partition coefficient (Wildman–Crippen LogP) is 1.54. The number of nitrogens with one attached hydrogen (secondary N) is 1. The fourth-order valence-corrected chi connectivity index (χ4v) is 2.73. The molecule has 6 heteroatoms. The number of aliphatic carboxylic acids is 1. The molecule has 0 bridgehead atoms. The molecule has 0 atom stereocenters. The van der Waals surface area contributed by atoms with E-state index in [1.54, 1.807) is 6.20 Å². The van der Waals surface area contributed by atoms with Crippen LogP contribution in [0.4, 0.5) is 0 Å². The van der Waals surface area contributed by atoms with Gasteiger partial charge in [0.05, 0.1) is 11.6 Å². The molecule has 1 aliphatic carbocycles. The lowest BCUT2D eigenvalue weighted by Gasteiger charge is -2.22. The zero-order valence-corrected chi connectivity index (χ0v) is 9.89. The average Bonchev–Trinajstić information content (AvgIpc) is 2.95. The first-order valence-electron chi connectivity index (χ1n) is 6.08. The highest BCUT2D eigenvalue weighted by Crippen LogP contribution is 2.40. The van der Waals surface area contributed by atoms with E-state index in [4.69, 9.17) is 0 Å². The summed E-state index contributed by atoms with van der Waals surface area (Å²) < 4.78 is 0. The van der Waals surface area contributed by atoms with Crippen LogP contribution in [0.2, 0.25) is 0 Å². The van der Waals surface area contributed by atoms with E-state index >= 15 is 0 Å². The fourth-order valence-electron chi connectivity index (χ4n) is 2.73. The monoisotopic (exact) mass is 246 g/mol. The molecular formula is C12H14N4O2. The highest BCUT2D eigenvalue weighted by Gasteiger charge is 2.42. The molecule has 2 aromatic heterocycles. The molecule has 1 fully saturated rings. The van der Waals surface area contributed by atoms with E-state index in [9.17, 15) is 9.90 Å². The minimum atomic E-state index is -0.716. The molecular weight excluding hydrogens is 232 g/mol. The molecule has 0 amide bonds. The molecule has 3 rings (SSSR count). The lowest BCUT2D eigenvalue weighted by Crippen LogP contribution is -2.30. The molecule has 2 N–H and O–H groups in total. The van der Waals surface area contributed by atoms with Crippen molar-refractivity contribution in [1.29, 1.82) is 0 Å². The van der Waals surface area contributed by atoms with Gasteiger partial charge in [-0.15, -0.1) is 0 Å². The highest BCUT2D eigenvalue weighted by atomic mass is 16.4. The summed E-state index contributed by atoms with van der Waals surface area (Å²) in [5, 5.41) is 9.43. The fraction of sp³-hybridized carbons (Fsp3) is 0.500. The number of aromatic amines is 1. The third kappa shape index (κ3) is 1.73. The van der Waals surface area contributed by atoms with Gasteiger partial charge in [0.2, 0.25) is 0 Å². The maximum atomic E-state index is 11.5. The summed E-state index contributed by atoms with van der Waals surface area (Å²) in [4.78, 5) is 26.9. The Hall–Kier alpha value is -1.98. The van der Waals surface area contributed by atoms with Crippen molar-refractivity contribution in [3.8, 4) is 0 Å². The number of rotatable bonds is 3. The number of nitrogens with zero attached hydrogens (tertiary/aromatic N) is 3. The summed E-state index contributed by atoms with van der Waals surface area (Å²) in [5.41, 5.74) is 0.700. The second-order valence-electron chi connectivity index (χ2n) is 4.91. The first kappa shape index (κ1) is 11.1. The summed E-state index contributed by atoms with van der Waals surface area (Å²) in [7, 11) is 0. The van der Waals surface area contributed by atoms with Gasteiger partial charge >= 0.3 is 5.97 Å². The molecule has 0 aromatic carbocycles. The van der Waals surface area contributed by atoms with E-state index in [-0.39, 0.29) is 0 Å². The number of carboxylic acids is 1. The van der Waals surface area contributed by atoms with Crippen LogP contribution in [0.5, 0.6) is 0 Å². The van der Waals surface area contributed by atoms with Gasteiger partial charge in [0, 0.05) is 6.42 Å². The Morgan fingerprint density at radius 2 is 2.22 bits per heavy atom. The van der Waals surface area contributed by atoms with Crippen molar-refractivity contribution < 1.29 is 9.90 Å². The van der Waals surface area contributed by atoms with Crippen LogP contribution in [-0.2, 0) is 11.2 Å². The second kappa shape index (κ2) is 4.04. The summed E-state index contributed by atoms with van der Waals surface area (Å²) in [5.74, 6) is -0.0265. The van der Waals surface area contributed by atoms with Crippen molar-refractivity contribution >= 4 is 17.1 Å². The summed E-state index contributed by atoms with van der Waals surface area (Å²) >= 11 is 0. The van der Waals surface area contributed by atoms with Crippen molar-refractivity contribution in [3.63, 3.8) is 0 Å². The van der Waals surface area contributed by atoms with Gasteiger partial charge < -0.3 is 10.1 Å². The van der Waals surface area contributed by atoms with E-state index < -0.39 is 11.4 Å². The Labute approximate surface area is 103 Å². The Morgan fingerprint density at radius 3 is 2.89 bits per heavy atom. The van der Waals surface area contributed by atoms with Crippen molar-refractivity contribution in [2.24, 2.45) is 5.41 Å². The number of hydrogen-bond donors (Lipinski definition) is 2. The summed E-state index contributed by atoms with van der Waals surface area (Å²) in [6.45, 7) is 0. The SMILES string of the molecule is O=C(O)C1(Cc2nc3ncncc3[nH]2)CCCC1. The first-order valence-corrected chi connectivity index (χ1v) is 6.08. The van der Waals surface area contributed by atoms with Crippen molar-refractivity contribution in [3.05, 3.63) is 18.3 Å². The Kier molecular flexibility index (Phi) is 2.50. The molecule has 0 aliphatic heterocycles. The van der Waals surface area contributed by atoms with Gasteiger partial charge in [0.25, 0.3) is 0 Å². The predicted molar refractivity (Wildman–Crippen MR) is 63.9 cm³/mol. The van der Waals surface area contributed by atoms with Crippen LogP contribution in [-0.4, -0.2) is 31.0 Å². The standard InChI is InChI=1S/C12H14N4O2/c17-11(18)12(3-1-2-4-12)5-9-15-8-6-13-7-14-10(8)16-9/h6-7H,1-5H2,(H,17,18)(H,13,14,15,16). The van der Waals surface area contributed by atoms with E-state index in [0.717, 1.165) is 31.2 Å². The molecule has 2 heterocycles. The number of aromatic nitrogens is 4. The number of carboxylic acid groups (broad SMARTS) is 1. The zero-order chi connectivity index (χ0) is 12.6. The lowest BCUT2D eigenvalue weighted by atomic mass is 9.82. The molecule has 0 radical (unpaired) electrons. The molecule has 0 saturated heterocycles.